The van der Waals surface area contributed by atoms with Gasteiger partial charge >= 0.3 is 0 Å². The standard InChI is InChI=1S/C20H15N3O3S3/c1-26-13-7-8-14-15(10-13)28-19(21-14)22-17(24)11-27-20-23-18(25)16(29-20)9-12-5-3-2-4-6-12/h2-10H,11H2,1H3,(H,21,22,24). The van der Waals surface area contributed by atoms with Gasteiger partial charge < -0.3 is 10.1 Å². The van der Waals surface area contributed by atoms with Crippen molar-refractivity contribution in [2.45, 2.75) is 0 Å². The van der Waals surface area contributed by atoms with Crippen LogP contribution in [0, 0.1) is 0 Å². The third-order valence-corrected chi connectivity index (χ3v) is 6.93. The number of thioether (sulfide) groups is 2. The molecule has 1 N–H and O–H groups in total. The number of hydrogen-bond acceptors (Lipinski definition) is 7. The van der Waals surface area contributed by atoms with Crippen LogP contribution in [-0.2, 0) is 9.59 Å². The lowest BCUT2D eigenvalue weighted by Crippen LogP contribution is -2.14. The molecule has 1 aliphatic heterocycles. The fourth-order valence-corrected chi connectivity index (χ4v) is 5.23. The average molecular weight is 442 g/mol. The summed E-state index contributed by atoms with van der Waals surface area (Å²) in [7, 11) is 1.61. The van der Waals surface area contributed by atoms with E-state index >= 15 is 0 Å². The normalized spacial score (nSPS) is 15.0. The van der Waals surface area contributed by atoms with Gasteiger partial charge in [0.1, 0.15) is 10.1 Å². The fourth-order valence-electron chi connectivity index (χ4n) is 2.52. The van der Waals surface area contributed by atoms with Gasteiger partial charge in [0.2, 0.25) is 5.91 Å². The monoisotopic (exact) mass is 441 g/mol. The van der Waals surface area contributed by atoms with Crippen molar-refractivity contribution in [2.75, 3.05) is 18.2 Å². The van der Waals surface area contributed by atoms with Gasteiger partial charge in [-0.15, -0.1) is 0 Å². The second kappa shape index (κ2) is 8.81. The maximum atomic E-state index is 12.3. The van der Waals surface area contributed by atoms with Gasteiger partial charge in [0.25, 0.3) is 5.91 Å². The van der Waals surface area contributed by atoms with Crippen molar-refractivity contribution in [1.29, 1.82) is 0 Å². The summed E-state index contributed by atoms with van der Waals surface area (Å²) >= 11 is 3.91. The Morgan fingerprint density at radius 3 is 2.86 bits per heavy atom. The molecular formula is C20H15N3O3S3. The number of anilines is 1. The Kier molecular flexibility index (Phi) is 5.98. The Morgan fingerprint density at radius 1 is 1.24 bits per heavy atom. The van der Waals surface area contributed by atoms with Crippen LogP contribution in [0.15, 0.2) is 58.4 Å². The Balaban J connectivity index is 1.33. The molecule has 0 bridgehead atoms. The molecule has 146 valence electrons. The summed E-state index contributed by atoms with van der Waals surface area (Å²) < 4.78 is 6.71. The third kappa shape index (κ3) is 4.87. The van der Waals surface area contributed by atoms with E-state index in [0.29, 0.717) is 14.4 Å². The average Bonchev–Trinajstić information content (AvgIpc) is 3.29. The predicted octanol–water partition coefficient (Wildman–Crippen LogP) is 4.65. The van der Waals surface area contributed by atoms with Crippen LogP contribution in [0.3, 0.4) is 0 Å². The van der Waals surface area contributed by atoms with E-state index in [4.69, 9.17) is 4.74 Å². The number of amides is 2. The van der Waals surface area contributed by atoms with Crippen LogP contribution in [0.1, 0.15) is 5.56 Å². The van der Waals surface area contributed by atoms with Gasteiger partial charge in [-0.05, 0) is 29.8 Å². The number of fused-ring (bicyclic) bond motifs is 1. The molecule has 2 amide bonds. The maximum absolute atomic E-state index is 12.3. The number of aliphatic imine (C=N–C) groups is 1. The molecule has 0 spiro atoms. The van der Waals surface area contributed by atoms with Crippen LogP contribution in [0.25, 0.3) is 16.3 Å². The first-order valence-corrected chi connectivity index (χ1v) is 11.2. The molecule has 0 radical (unpaired) electrons. The molecule has 0 saturated heterocycles. The topological polar surface area (TPSA) is 80.7 Å². The van der Waals surface area contributed by atoms with Crippen molar-refractivity contribution in [1.82, 2.24) is 4.98 Å². The highest BCUT2D eigenvalue weighted by molar-refractivity contribution is 8.41. The van der Waals surface area contributed by atoms with E-state index in [2.05, 4.69) is 15.3 Å². The number of aromatic nitrogens is 1. The first-order chi connectivity index (χ1) is 14.1. The number of hydrogen-bond donors (Lipinski definition) is 1. The van der Waals surface area contributed by atoms with Crippen LogP contribution in [0.4, 0.5) is 5.13 Å². The summed E-state index contributed by atoms with van der Waals surface area (Å²) in [6, 6.07) is 15.2. The summed E-state index contributed by atoms with van der Waals surface area (Å²) in [5.74, 6) is 0.422. The Morgan fingerprint density at radius 2 is 2.07 bits per heavy atom. The minimum atomic E-state index is -0.276. The number of methoxy groups -OCH3 is 1. The molecule has 1 aliphatic rings. The number of carbonyl (C=O) groups excluding carboxylic acids is 2. The van der Waals surface area contributed by atoms with Crippen LogP contribution in [0.5, 0.6) is 5.75 Å². The largest absolute Gasteiger partial charge is 0.497 e. The molecule has 3 aromatic rings. The lowest BCUT2D eigenvalue weighted by molar-refractivity contribution is -0.114. The smallest absolute Gasteiger partial charge is 0.285 e. The van der Waals surface area contributed by atoms with Gasteiger partial charge in [-0.1, -0.05) is 65.2 Å². The molecule has 9 heteroatoms. The van der Waals surface area contributed by atoms with Gasteiger partial charge in [0.05, 0.1) is 28.0 Å². The minimum absolute atomic E-state index is 0.150. The summed E-state index contributed by atoms with van der Waals surface area (Å²) in [5, 5.41) is 3.33. The summed E-state index contributed by atoms with van der Waals surface area (Å²) in [5.41, 5.74) is 1.74. The highest BCUT2D eigenvalue weighted by Gasteiger charge is 2.23. The second-order valence-electron chi connectivity index (χ2n) is 5.89. The molecule has 6 nitrogen and oxygen atoms in total. The van der Waals surface area contributed by atoms with Crippen molar-refractivity contribution >= 4 is 72.5 Å². The molecule has 0 fully saturated rings. The molecular weight excluding hydrogens is 426 g/mol. The molecule has 2 heterocycles. The Hall–Kier alpha value is -2.62. The van der Waals surface area contributed by atoms with E-state index in [1.165, 1.54) is 34.9 Å². The molecule has 29 heavy (non-hydrogen) atoms. The van der Waals surface area contributed by atoms with E-state index < -0.39 is 0 Å². The Bertz CT molecular complexity index is 1140. The zero-order chi connectivity index (χ0) is 20.2. The highest BCUT2D eigenvalue weighted by Crippen LogP contribution is 2.34. The zero-order valence-corrected chi connectivity index (χ0v) is 17.7. The molecule has 0 saturated carbocycles. The molecule has 1 aromatic heterocycles. The number of rotatable bonds is 5. The van der Waals surface area contributed by atoms with E-state index in [9.17, 15) is 9.59 Å². The van der Waals surface area contributed by atoms with E-state index in [0.717, 1.165) is 21.5 Å². The van der Waals surface area contributed by atoms with E-state index in [1.807, 2.05) is 48.5 Å². The van der Waals surface area contributed by atoms with Crippen LogP contribution in [0.2, 0.25) is 0 Å². The summed E-state index contributed by atoms with van der Waals surface area (Å²) in [6.07, 6.45) is 1.81. The van der Waals surface area contributed by atoms with Gasteiger partial charge in [-0.25, -0.2) is 4.98 Å². The van der Waals surface area contributed by atoms with Gasteiger partial charge in [0.15, 0.2) is 5.13 Å². The van der Waals surface area contributed by atoms with Crippen LogP contribution in [-0.4, -0.2) is 34.0 Å². The summed E-state index contributed by atoms with van der Waals surface area (Å²) in [6.45, 7) is 0. The molecule has 0 atom stereocenters. The Labute approximate surface area is 179 Å². The van der Waals surface area contributed by atoms with Crippen molar-refractivity contribution < 1.29 is 14.3 Å². The van der Waals surface area contributed by atoms with Gasteiger partial charge in [0, 0.05) is 0 Å². The highest BCUT2D eigenvalue weighted by atomic mass is 32.2. The van der Waals surface area contributed by atoms with Crippen LogP contribution >= 0.6 is 34.9 Å². The minimum Gasteiger partial charge on any atom is -0.497 e. The third-order valence-electron chi connectivity index (χ3n) is 3.87. The van der Waals surface area contributed by atoms with Gasteiger partial charge in [-0.3, -0.25) is 9.59 Å². The number of thiazole rings is 1. The zero-order valence-electron chi connectivity index (χ0n) is 15.2. The molecule has 4 rings (SSSR count). The number of carbonyl (C=O) groups is 2. The second-order valence-corrected chi connectivity index (χ2v) is 9.18. The van der Waals surface area contributed by atoms with Gasteiger partial charge in [-0.2, -0.15) is 4.99 Å². The molecule has 0 unspecified atom stereocenters. The summed E-state index contributed by atoms with van der Waals surface area (Å²) in [4.78, 5) is 33.3. The number of nitrogens with one attached hydrogen (secondary N) is 1. The number of benzene rings is 2. The van der Waals surface area contributed by atoms with Crippen LogP contribution < -0.4 is 10.1 Å². The molecule has 0 aliphatic carbocycles. The molecule has 2 aromatic carbocycles. The van der Waals surface area contributed by atoms with E-state index in [1.54, 1.807) is 13.2 Å². The van der Waals surface area contributed by atoms with Crippen molar-refractivity contribution in [2.24, 2.45) is 4.99 Å². The fraction of sp³-hybridized carbons (Fsp3) is 0.100. The van der Waals surface area contributed by atoms with E-state index in [-0.39, 0.29) is 17.6 Å². The number of nitrogens with zero attached hydrogens (tertiary/aromatic N) is 2. The lowest BCUT2D eigenvalue weighted by atomic mass is 10.2. The van der Waals surface area contributed by atoms with Crippen molar-refractivity contribution in [3.05, 3.63) is 59.0 Å². The van der Waals surface area contributed by atoms with Crippen molar-refractivity contribution in [3.63, 3.8) is 0 Å². The number of ether oxygens (including phenoxy) is 1. The predicted molar refractivity (Wildman–Crippen MR) is 122 cm³/mol. The maximum Gasteiger partial charge on any atom is 0.285 e. The lowest BCUT2D eigenvalue weighted by Gasteiger charge is -2.00. The quantitative estimate of drug-likeness (QED) is 0.581. The van der Waals surface area contributed by atoms with Crippen molar-refractivity contribution in [3.8, 4) is 5.75 Å². The first-order valence-electron chi connectivity index (χ1n) is 8.55. The SMILES string of the molecule is COc1ccc2nc(NC(=O)CSC3=NC(=O)C(=Cc4ccccc4)S3)sc2c1. The first kappa shape index (κ1) is 19.7.